The van der Waals surface area contributed by atoms with Crippen LogP contribution in [0.3, 0.4) is 0 Å². The second-order valence-electron chi connectivity index (χ2n) is 5.44. The number of allylic oxidation sites excluding steroid dienone is 1. The minimum absolute atomic E-state index is 0.207. The minimum Gasteiger partial charge on any atom is -0.496 e. The van der Waals surface area contributed by atoms with Crippen molar-refractivity contribution in [2.75, 3.05) is 12.4 Å². The predicted molar refractivity (Wildman–Crippen MR) is 87.4 cm³/mol. The first kappa shape index (κ1) is 15.4. The number of methoxy groups -OCH3 is 1. The fraction of sp³-hybridized carbons (Fsp3) is 0.389. The van der Waals surface area contributed by atoms with E-state index in [-0.39, 0.29) is 5.91 Å². The van der Waals surface area contributed by atoms with Crippen molar-refractivity contribution in [1.29, 1.82) is 0 Å². The Labute approximate surface area is 126 Å². The van der Waals surface area contributed by atoms with Crippen LogP contribution in [0.1, 0.15) is 37.7 Å². The van der Waals surface area contributed by atoms with Crippen LogP contribution in [0.2, 0.25) is 0 Å². The summed E-state index contributed by atoms with van der Waals surface area (Å²) in [6.45, 7) is 3.46. The SMILES string of the molecule is C=CC(=O)Nc1ccc(OC)c(C=CCC2CCCC2)c1. The van der Waals surface area contributed by atoms with Gasteiger partial charge in [-0.3, -0.25) is 4.79 Å². The maximum Gasteiger partial charge on any atom is 0.247 e. The molecule has 1 fully saturated rings. The number of hydrogen-bond acceptors (Lipinski definition) is 2. The molecule has 0 unspecified atom stereocenters. The number of hydrogen-bond donors (Lipinski definition) is 1. The fourth-order valence-electron chi connectivity index (χ4n) is 2.77. The molecule has 1 N–H and O–H groups in total. The topological polar surface area (TPSA) is 38.3 Å². The van der Waals surface area contributed by atoms with Gasteiger partial charge in [0.05, 0.1) is 7.11 Å². The Morgan fingerprint density at radius 1 is 1.43 bits per heavy atom. The maximum absolute atomic E-state index is 11.4. The quantitative estimate of drug-likeness (QED) is 0.786. The van der Waals surface area contributed by atoms with Crippen molar-refractivity contribution < 1.29 is 9.53 Å². The molecule has 0 atom stereocenters. The molecule has 2 rings (SSSR count). The lowest BCUT2D eigenvalue weighted by Crippen LogP contribution is -2.07. The monoisotopic (exact) mass is 285 g/mol. The Balaban J connectivity index is 2.07. The summed E-state index contributed by atoms with van der Waals surface area (Å²) in [6, 6.07) is 5.62. The van der Waals surface area contributed by atoms with Crippen LogP contribution in [-0.2, 0) is 4.79 Å². The highest BCUT2D eigenvalue weighted by Crippen LogP contribution is 2.29. The molecule has 1 aromatic rings. The number of carbonyl (C=O) groups excluding carboxylic acids is 1. The first-order valence-electron chi connectivity index (χ1n) is 7.51. The highest BCUT2D eigenvalue weighted by Gasteiger charge is 2.12. The third kappa shape index (κ3) is 4.48. The van der Waals surface area contributed by atoms with Crippen LogP contribution in [0.5, 0.6) is 5.75 Å². The molecule has 1 aliphatic carbocycles. The molecule has 21 heavy (non-hydrogen) atoms. The van der Waals surface area contributed by atoms with Crippen LogP contribution in [0.25, 0.3) is 6.08 Å². The van der Waals surface area contributed by atoms with Gasteiger partial charge in [-0.15, -0.1) is 0 Å². The summed E-state index contributed by atoms with van der Waals surface area (Å²) >= 11 is 0. The van der Waals surface area contributed by atoms with E-state index in [2.05, 4.69) is 24.0 Å². The van der Waals surface area contributed by atoms with Gasteiger partial charge < -0.3 is 10.1 Å². The van der Waals surface area contributed by atoms with Crippen molar-refractivity contribution in [3.05, 3.63) is 42.5 Å². The standard InChI is InChI=1S/C18H23NO2/c1-3-18(20)19-16-11-12-17(21-2)15(13-16)10-6-9-14-7-4-5-8-14/h3,6,10-14H,1,4-5,7-9H2,2H3,(H,19,20). The van der Waals surface area contributed by atoms with E-state index in [4.69, 9.17) is 4.74 Å². The zero-order valence-corrected chi connectivity index (χ0v) is 12.6. The second-order valence-corrected chi connectivity index (χ2v) is 5.44. The fourth-order valence-corrected chi connectivity index (χ4v) is 2.77. The van der Waals surface area contributed by atoms with Crippen LogP contribution in [0, 0.1) is 5.92 Å². The molecule has 0 spiro atoms. The van der Waals surface area contributed by atoms with Gasteiger partial charge in [-0.05, 0) is 36.6 Å². The molecule has 1 aromatic carbocycles. The summed E-state index contributed by atoms with van der Waals surface area (Å²) < 4.78 is 5.37. The van der Waals surface area contributed by atoms with Gasteiger partial charge in [-0.1, -0.05) is 44.4 Å². The number of carbonyl (C=O) groups is 1. The first-order valence-corrected chi connectivity index (χ1v) is 7.51. The van der Waals surface area contributed by atoms with Crippen molar-refractivity contribution >= 4 is 17.7 Å². The largest absolute Gasteiger partial charge is 0.496 e. The number of anilines is 1. The van der Waals surface area contributed by atoms with Crippen LogP contribution in [0.4, 0.5) is 5.69 Å². The lowest BCUT2D eigenvalue weighted by atomic mass is 10.0. The first-order chi connectivity index (χ1) is 10.2. The molecule has 0 saturated heterocycles. The zero-order valence-electron chi connectivity index (χ0n) is 12.6. The number of benzene rings is 1. The number of ether oxygens (including phenoxy) is 1. The second kappa shape index (κ2) is 7.67. The van der Waals surface area contributed by atoms with Gasteiger partial charge in [0.15, 0.2) is 0 Å². The van der Waals surface area contributed by atoms with Gasteiger partial charge in [0.1, 0.15) is 5.75 Å². The van der Waals surface area contributed by atoms with Crippen LogP contribution in [-0.4, -0.2) is 13.0 Å². The van der Waals surface area contributed by atoms with Crippen molar-refractivity contribution in [1.82, 2.24) is 0 Å². The Morgan fingerprint density at radius 3 is 2.86 bits per heavy atom. The molecule has 112 valence electrons. The smallest absolute Gasteiger partial charge is 0.247 e. The molecule has 0 aromatic heterocycles. The molecule has 1 saturated carbocycles. The molecule has 0 radical (unpaired) electrons. The average molecular weight is 285 g/mol. The summed E-state index contributed by atoms with van der Waals surface area (Å²) in [5, 5.41) is 2.77. The Bertz CT molecular complexity index is 528. The van der Waals surface area contributed by atoms with Crippen LogP contribution >= 0.6 is 0 Å². The summed E-state index contributed by atoms with van der Waals surface area (Å²) in [5.41, 5.74) is 1.73. The van der Waals surface area contributed by atoms with E-state index in [1.807, 2.05) is 18.2 Å². The van der Waals surface area contributed by atoms with Crippen molar-refractivity contribution in [3.63, 3.8) is 0 Å². The molecule has 1 aliphatic rings. The highest BCUT2D eigenvalue weighted by atomic mass is 16.5. The molecule has 0 aliphatic heterocycles. The molecule has 0 heterocycles. The van der Waals surface area contributed by atoms with E-state index in [0.29, 0.717) is 0 Å². The lowest BCUT2D eigenvalue weighted by Gasteiger charge is -2.09. The molecule has 0 bridgehead atoms. The molecule has 1 amide bonds. The highest BCUT2D eigenvalue weighted by molar-refractivity contribution is 5.99. The summed E-state index contributed by atoms with van der Waals surface area (Å²) in [6.07, 6.45) is 12.1. The van der Waals surface area contributed by atoms with Crippen molar-refractivity contribution in [2.45, 2.75) is 32.1 Å². The zero-order chi connectivity index (χ0) is 15.1. The average Bonchev–Trinajstić information content (AvgIpc) is 3.01. The van der Waals surface area contributed by atoms with Crippen LogP contribution in [0.15, 0.2) is 36.9 Å². The molecular weight excluding hydrogens is 262 g/mol. The number of rotatable bonds is 6. The van der Waals surface area contributed by atoms with Gasteiger partial charge in [-0.2, -0.15) is 0 Å². The molecule has 3 heteroatoms. The van der Waals surface area contributed by atoms with Crippen LogP contribution < -0.4 is 10.1 Å². The lowest BCUT2D eigenvalue weighted by molar-refractivity contribution is -0.111. The Hall–Kier alpha value is -2.03. The predicted octanol–water partition coefficient (Wildman–Crippen LogP) is 4.41. The van der Waals surface area contributed by atoms with Gasteiger partial charge >= 0.3 is 0 Å². The van der Waals surface area contributed by atoms with Gasteiger partial charge in [0.25, 0.3) is 0 Å². The molecule has 3 nitrogen and oxygen atoms in total. The third-order valence-corrected chi connectivity index (χ3v) is 3.92. The number of amides is 1. The van der Waals surface area contributed by atoms with Gasteiger partial charge in [-0.25, -0.2) is 0 Å². The van der Waals surface area contributed by atoms with Gasteiger partial charge in [0.2, 0.25) is 5.91 Å². The molecular formula is C18H23NO2. The van der Waals surface area contributed by atoms with Gasteiger partial charge in [0, 0.05) is 11.3 Å². The van der Waals surface area contributed by atoms with Crippen molar-refractivity contribution in [2.24, 2.45) is 5.92 Å². The van der Waals surface area contributed by atoms with E-state index in [1.54, 1.807) is 7.11 Å². The summed E-state index contributed by atoms with van der Waals surface area (Å²) in [4.78, 5) is 11.4. The summed E-state index contributed by atoms with van der Waals surface area (Å²) in [7, 11) is 1.66. The third-order valence-electron chi connectivity index (χ3n) is 3.92. The minimum atomic E-state index is -0.207. The number of nitrogens with one attached hydrogen (secondary N) is 1. The van der Waals surface area contributed by atoms with E-state index in [1.165, 1.54) is 31.8 Å². The Morgan fingerprint density at radius 2 is 2.19 bits per heavy atom. The van der Waals surface area contributed by atoms with E-state index >= 15 is 0 Å². The van der Waals surface area contributed by atoms with E-state index < -0.39 is 0 Å². The van der Waals surface area contributed by atoms with E-state index in [9.17, 15) is 4.79 Å². The van der Waals surface area contributed by atoms with E-state index in [0.717, 1.165) is 29.3 Å². The normalized spacial score (nSPS) is 15.3. The summed E-state index contributed by atoms with van der Waals surface area (Å²) in [5.74, 6) is 1.44. The van der Waals surface area contributed by atoms with Crippen molar-refractivity contribution in [3.8, 4) is 5.75 Å². The Kier molecular flexibility index (Phi) is 5.61. The maximum atomic E-state index is 11.4.